The lowest BCUT2D eigenvalue weighted by atomic mass is 9.97. The van der Waals surface area contributed by atoms with Crippen LogP contribution >= 0.6 is 0 Å². The van der Waals surface area contributed by atoms with Crippen LogP contribution in [0.4, 0.5) is 5.82 Å². The first-order valence-electron chi connectivity index (χ1n) is 9.24. The average molecular weight is 348 g/mol. The number of rotatable bonds is 3. The summed E-state index contributed by atoms with van der Waals surface area (Å²) in [7, 11) is 0. The molecule has 1 aliphatic heterocycles. The third kappa shape index (κ3) is 2.98. The molecular weight excluding hydrogens is 324 g/mol. The van der Waals surface area contributed by atoms with E-state index in [2.05, 4.69) is 59.5 Å². The normalized spacial score (nSPS) is 15.2. The van der Waals surface area contributed by atoms with Gasteiger partial charge in [-0.1, -0.05) is 13.8 Å². The number of hydrogen-bond acceptors (Lipinski definition) is 4. The standard InChI is InChI=1S/C21H24N4O/c1-14(2)20-18(16-12-15(3)21-22-8-11-25(21)13-16)4-5-19(23-20)24-9-6-17(26)7-10-24/h4-5,8,11-14H,6-7,9-10H2,1-3H3. The summed E-state index contributed by atoms with van der Waals surface area (Å²) >= 11 is 0. The van der Waals surface area contributed by atoms with Gasteiger partial charge in [-0.3, -0.25) is 4.79 Å². The van der Waals surface area contributed by atoms with Crippen molar-refractivity contribution in [1.29, 1.82) is 0 Å². The minimum absolute atomic E-state index is 0.315. The highest BCUT2D eigenvalue weighted by Crippen LogP contribution is 2.31. The van der Waals surface area contributed by atoms with Crippen LogP contribution in [-0.2, 0) is 4.79 Å². The van der Waals surface area contributed by atoms with E-state index in [4.69, 9.17) is 4.98 Å². The molecule has 4 rings (SSSR count). The number of carbonyl (C=O) groups excluding carboxylic acids is 1. The van der Waals surface area contributed by atoms with Crippen molar-refractivity contribution < 1.29 is 4.79 Å². The summed E-state index contributed by atoms with van der Waals surface area (Å²) in [5, 5.41) is 0. The van der Waals surface area contributed by atoms with Crippen LogP contribution in [-0.4, -0.2) is 33.2 Å². The number of hydrogen-bond donors (Lipinski definition) is 0. The van der Waals surface area contributed by atoms with Gasteiger partial charge in [0.2, 0.25) is 0 Å². The number of ketones is 1. The number of aryl methyl sites for hydroxylation is 1. The van der Waals surface area contributed by atoms with Gasteiger partial charge in [-0.15, -0.1) is 0 Å². The van der Waals surface area contributed by atoms with E-state index in [0.717, 1.165) is 46.9 Å². The van der Waals surface area contributed by atoms with Gasteiger partial charge in [-0.25, -0.2) is 9.97 Å². The Labute approximate surface area is 153 Å². The Balaban J connectivity index is 1.76. The van der Waals surface area contributed by atoms with Gasteiger partial charge in [-0.05, 0) is 36.6 Å². The topological polar surface area (TPSA) is 50.5 Å². The highest BCUT2D eigenvalue weighted by Gasteiger charge is 2.20. The maximum atomic E-state index is 11.5. The zero-order valence-electron chi connectivity index (χ0n) is 15.6. The molecule has 0 bridgehead atoms. The molecule has 0 N–H and O–H groups in total. The Morgan fingerprint density at radius 1 is 1.15 bits per heavy atom. The van der Waals surface area contributed by atoms with Crippen LogP contribution < -0.4 is 4.90 Å². The molecule has 0 aromatic carbocycles. The molecule has 1 fully saturated rings. The molecule has 0 amide bonds. The van der Waals surface area contributed by atoms with Crippen molar-refractivity contribution in [3.8, 4) is 11.1 Å². The van der Waals surface area contributed by atoms with Gasteiger partial charge in [0.25, 0.3) is 0 Å². The number of pyridine rings is 2. The van der Waals surface area contributed by atoms with Crippen LogP contribution in [0.25, 0.3) is 16.8 Å². The predicted molar refractivity (Wildman–Crippen MR) is 104 cm³/mol. The fourth-order valence-corrected chi connectivity index (χ4v) is 3.66. The van der Waals surface area contributed by atoms with Gasteiger partial charge < -0.3 is 9.30 Å². The molecular formula is C21H24N4O. The second-order valence-electron chi connectivity index (χ2n) is 7.35. The summed E-state index contributed by atoms with van der Waals surface area (Å²) in [6.45, 7) is 7.98. The number of Topliss-reactive ketones (excluding diaryl/α,β-unsaturated/α-hetero) is 1. The summed E-state index contributed by atoms with van der Waals surface area (Å²) in [6, 6.07) is 6.44. The van der Waals surface area contributed by atoms with Gasteiger partial charge >= 0.3 is 0 Å². The fourth-order valence-electron chi connectivity index (χ4n) is 3.66. The van der Waals surface area contributed by atoms with Crippen LogP contribution in [0.3, 0.4) is 0 Å². The average Bonchev–Trinajstić information content (AvgIpc) is 3.11. The molecule has 3 aromatic heterocycles. The number of piperidine rings is 1. The van der Waals surface area contributed by atoms with Crippen molar-refractivity contribution >= 4 is 17.2 Å². The molecule has 1 aliphatic rings. The summed E-state index contributed by atoms with van der Waals surface area (Å²) in [5.41, 5.74) is 5.56. The molecule has 134 valence electrons. The van der Waals surface area contributed by atoms with Crippen LogP contribution in [0.1, 0.15) is 43.9 Å². The molecule has 4 heterocycles. The molecule has 1 saturated heterocycles. The molecule has 0 aliphatic carbocycles. The minimum Gasteiger partial charge on any atom is -0.356 e. The summed E-state index contributed by atoms with van der Waals surface area (Å²) in [4.78, 5) is 23.1. The van der Waals surface area contributed by atoms with E-state index in [1.807, 2.05) is 12.4 Å². The molecule has 5 heteroatoms. The number of fused-ring (bicyclic) bond motifs is 1. The van der Waals surface area contributed by atoms with Crippen LogP contribution in [0.2, 0.25) is 0 Å². The van der Waals surface area contributed by atoms with E-state index in [0.29, 0.717) is 24.5 Å². The zero-order valence-corrected chi connectivity index (χ0v) is 15.6. The van der Waals surface area contributed by atoms with E-state index >= 15 is 0 Å². The smallest absolute Gasteiger partial charge is 0.139 e. The van der Waals surface area contributed by atoms with Crippen molar-refractivity contribution in [2.24, 2.45) is 0 Å². The fraction of sp³-hybridized carbons (Fsp3) is 0.381. The molecule has 0 radical (unpaired) electrons. The Morgan fingerprint density at radius 3 is 2.65 bits per heavy atom. The highest BCUT2D eigenvalue weighted by atomic mass is 16.1. The second-order valence-corrected chi connectivity index (χ2v) is 7.35. The van der Waals surface area contributed by atoms with E-state index in [1.165, 1.54) is 0 Å². The first kappa shape index (κ1) is 16.8. The lowest BCUT2D eigenvalue weighted by molar-refractivity contribution is -0.119. The first-order chi connectivity index (χ1) is 12.5. The van der Waals surface area contributed by atoms with Crippen molar-refractivity contribution in [2.75, 3.05) is 18.0 Å². The molecule has 3 aromatic rings. The van der Waals surface area contributed by atoms with Crippen LogP contribution in [0.5, 0.6) is 0 Å². The van der Waals surface area contributed by atoms with Crippen molar-refractivity contribution in [2.45, 2.75) is 39.5 Å². The summed E-state index contributed by atoms with van der Waals surface area (Å²) in [6.07, 6.45) is 7.17. The number of imidazole rings is 1. The lowest BCUT2D eigenvalue weighted by Gasteiger charge is -2.28. The Bertz CT molecular complexity index is 963. The highest BCUT2D eigenvalue weighted by molar-refractivity contribution is 5.81. The number of anilines is 1. The summed E-state index contributed by atoms with van der Waals surface area (Å²) in [5.74, 6) is 1.65. The largest absolute Gasteiger partial charge is 0.356 e. The third-order valence-corrected chi connectivity index (χ3v) is 5.08. The van der Waals surface area contributed by atoms with Crippen LogP contribution in [0, 0.1) is 6.92 Å². The monoisotopic (exact) mass is 348 g/mol. The van der Waals surface area contributed by atoms with E-state index in [1.54, 1.807) is 0 Å². The maximum Gasteiger partial charge on any atom is 0.139 e. The van der Waals surface area contributed by atoms with Gasteiger partial charge in [0.1, 0.15) is 17.2 Å². The quantitative estimate of drug-likeness (QED) is 0.718. The van der Waals surface area contributed by atoms with Gasteiger partial charge in [0, 0.05) is 55.6 Å². The van der Waals surface area contributed by atoms with E-state index < -0.39 is 0 Å². The lowest BCUT2D eigenvalue weighted by Crippen LogP contribution is -2.34. The maximum absolute atomic E-state index is 11.5. The van der Waals surface area contributed by atoms with E-state index in [9.17, 15) is 4.79 Å². The third-order valence-electron chi connectivity index (χ3n) is 5.08. The molecule has 0 atom stereocenters. The first-order valence-corrected chi connectivity index (χ1v) is 9.24. The van der Waals surface area contributed by atoms with E-state index in [-0.39, 0.29) is 0 Å². The zero-order chi connectivity index (χ0) is 18.3. The molecule has 0 unspecified atom stereocenters. The van der Waals surface area contributed by atoms with Crippen molar-refractivity contribution in [3.05, 3.63) is 48.0 Å². The molecule has 26 heavy (non-hydrogen) atoms. The van der Waals surface area contributed by atoms with Gasteiger partial charge in [0.15, 0.2) is 0 Å². The van der Waals surface area contributed by atoms with Crippen molar-refractivity contribution in [1.82, 2.24) is 14.4 Å². The van der Waals surface area contributed by atoms with Crippen LogP contribution in [0.15, 0.2) is 36.8 Å². The molecule has 0 saturated carbocycles. The SMILES string of the molecule is Cc1cc(-c2ccc(N3CCC(=O)CC3)nc2C(C)C)cn2ccnc12. The summed E-state index contributed by atoms with van der Waals surface area (Å²) < 4.78 is 2.07. The van der Waals surface area contributed by atoms with Gasteiger partial charge in [0.05, 0.1) is 5.69 Å². The predicted octanol–water partition coefficient (Wildman–Crippen LogP) is 4.00. The molecule has 5 nitrogen and oxygen atoms in total. The Morgan fingerprint density at radius 2 is 1.92 bits per heavy atom. The second kappa shape index (κ2) is 6.56. The Kier molecular flexibility index (Phi) is 4.23. The molecule has 0 spiro atoms. The van der Waals surface area contributed by atoms with Gasteiger partial charge in [-0.2, -0.15) is 0 Å². The number of nitrogens with zero attached hydrogens (tertiary/aromatic N) is 4. The Hall–Kier alpha value is -2.69. The number of aromatic nitrogens is 3. The van der Waals surface area contributed by atoms with Crippen molar-refractivity contribution in [3.63, 3.8) is 0 Å². The minimum atomic E-state index is 0.315. The number of carbonyl (C=O) groups is 1.